The van der Waals surface area contributed by atoms with Gasteiger partial charge in [-0.05, 0) is 12.3 Å². The van der Waals surface area contributed by atoms with Gasteiger partial charge in [-0.3, -0.25) is 0 Å². The molecule has 0 fully saturated rings. The average molecular weight is 247 g/mol. The number of rotatable bonds is 6. The lowest BCUT2D eigenvalue weighted by atomic mass is 9.99. The van der Waals surface area contributed by atoms with Crippen LogP contribution in [0.1, 0.15) is 39.5 Å². The Bertz CT molecular complexity index is 505. The van der Waals surface area contributed by atoms with Gasteiger partial charge in [0.25, 0.3) is 0 Å². The molecule has 0 aliphatic carbocycles. The molecule has 1 atom stereocenters. The minimum atomic E-state index is 0.459. The van der Waals surface area contributed by atoms with Crippen LogP contribution in [-0.2, 0) is 6.54 Å². The van der Waals surface area contributed by atoms with Gasteiger partial charge in [0.15, 0.2) is 11.5 Å². The summed E-state index contributed by atoms with van der Waals surface area (Å²) in [6.45, 7) is 5.43. The molecule has 98 valence electrons. The Morgan fingerprint density at radius 1 is 1.28 bits per heavy atom. The van der Waals surface area contributed by atoms with Gasteiger partial charge in [0.05, 0.1) is 6.33 Å². The summed E-state index contributed by atoms with van der Waals surface area (Å²) in [6, 6.07) is 0. The van der Waals surface area contributed by atoms with Gasteiger partial charge in [0.2, 0.25) is 0 Å². The molecule has 2 aromatic rings. The van der Waals surface area contributed by atoms with Crippen molar-refractivity contribution in [2.24, 2.45) is 5.92 Å². The van der Waals surface area contributed by atoms with E-state index < -0.39 is 0 Å². The van der Waals surface area contributed by atoms with Crippen molar-refractivity contribution in [3.05, 3.63) is 12.7 Å². The Balaban J connectivity index is 2.18. The number of aromatic nitrogens is 4. The number of unbranched alkanes of at least 4 members (excludes halogenated alkanes) is 1. The van der Waals surface area contributed by atoms with Crippen LogP contribution in [0.4, 0.5) is 5.82 Å². The molecule has 0 aliphatic heterocycles. The van der Waals surface area contributed by atoms with E-state index in [2.05, 4.69) is 33.4 Å². The van der Waals surface area contributed by atoms with Crippen LogP contribution in [0, 0.1) is 5.92 Å². The minimum Gasteiger partial charge on any atom is -0.382 e. The molecular formula is C13H21N5. The van der Waals surface area contributed by atoms with Crippen LogP contribution in [0.3, 0.4) is 0 Å². The lowest BCUT2D eigenvalue weighted by molar-refractivity contribution is 0.394. The smallest absolute Gasteiger partial charge is 0.165 e. The molecule has 5 heteroatoms. The molecule has 0 aromatic carbocycles. The second kappa shape index (κ2) is 5.80. The van der Waals surface area contributed by atoms with E-state index in [1.54, 1.807) is 0 Å². The fourth-order valence-corrected chi connectivity index (χ4v) is 2.23. The number of anilines is 1. The molecule has 18 heavy (non-hydrogen) atoms. The molecule has 0 aliphatic rings. The molecule has 2 N–H and O–H groups in total. The zero-order valence-electron chi connectivity index (χ0n) is 11.1. The number of nitrogens with zero attached hydrogens (tertiary/aromatic N) is 4. The third-order valence-electron chi connectivity index (χ3n) is 3.43. The molecule has 5 nitrogen and oxygen atoms in total. The van der Waals surface area contributed by atoms with E-state index in [9.17, 15) is 0 Å². The van der Waals surface area contributed by atoms with Crippen molar-refractivity contribution in [3.63, 3.8) is 0 Å². The van der Waals surface area contributed by atoms with Gasteiger partial charge in [-0.15, -0.1) is 0 Å². The largest absolute Gasteiger partial charge is 0.382 e. The Labute approximate surface area is 107 Å². The van der Waals surface area contributed by atoms with Gasteiger partial charge in [-0.25, -0.2) is 15.0 Å². The second-order valence-electron chi connectivity index (χ2n) is 4.74. The van der Waals surface area contributed by atoms with E-state index >= 15 is 0 Å². The van der Waals surface area contributed by atoms with Crippen molar-refractivity contribution in [2.75, 3.05) is 5.73 Å². The predicted molar refractivity (Wildman–Crippen MR) is 73.0 cm³/mol. The van der Waals surface area contributed by atoms with Crippen LogP contribution in [0.5, 0.6) is 0 Å². The predicted octanol–water partition coefficient (Wildman–Crippen LogP) is 2.62. The van der Waals surface area contributed by atoms with Gasteiger partial charge in [0, 0.05) is 6.54 Å². The summed E-state index contributed by atoms with van der Waals surface area (Å²) < 4.78 is 2.09. The lowest BCUT2D eigenvalue weighted by Crippen LogP contribution is -2.10. The monoisotopic (exact) mass is 247 g/mol. The third kappa shape index (κ3) is 2.60. The maximum atomic E-state index is 5.79. The van der Waals surface area contributed by atoms with Crippen LogP contribution in [0.2, 0.25) is 0 Å². The van der Waals surface area contributed by atoms with E-state index in [1.807, 2.05) is 6.33 Å². The summed E-state index contributed by atoms with van der Waals surface area (Å²) in [5.41, 5.74) is 7.34. The van der Waals surface area contributed by atoms with Crippen LogP contribution >= 0.6 is 0 Å². The van der Waals surface area contributed by atoms with Crippen LogP contribution in [-0.4, -0.2) is 19.5 Å². The fraction of sp³-hybridized carbons (Fsp3) is 0.615. The Morgan fingerprint density at radius 3 is 2.83 bits per heavy atom. The Morgan fingerprint density at radius 2 is 2.11 bits per heavy atom. The van der Waals surface area contributed by atoms with Crippen LogP contribution in [0.25, 0.3) is 11.2 Å². The van der Waals surface area contributed by atoms with Crippen molar-refractivity contribution in [1.82, 2.24) is 19.5 Å². The fourth-order valence-electron chi connectivity index (χ4n) is 2.23. The summed E-state index contributed by atoms with van der Waals surface area (Å²) in [7, 11) is 0. The summed E-state index contributed by atoms with van der Waals surface area (Å²) >= 11 is 0. The van der Waals surface area contributed by atoms with E-state index in [1.165, 1.54) is 32.0 Å². The molecule has 2 heterocycles. The summed E-state index contributed by atoms with van der Waals surface area (Å²) in [6.07, 6.45) is 8.29. The highest BCUT2D eigenvalue weighted by atomic mass is 15.1. The first kappa shape index (κ1) is 12.8. The highest BCUT2D eigenvalue weighted by Gasteiger charge is 2.12. The molecular weight excluding hydrogens is 226 g/mol. The summed E-state index contributed by atoms with van der Waals surface area (Å²) in [4.78, 5) is 12.5. The van der Waals surface area contributed by atoms with Gasteiger partial charge in [-0.2, -0.15) is 0 Å². The first-order chi connectivity index (χ1) is 8.76. The molecule has 1 unspecified atom stereocenters. The number of hydrogen-bond donors (Lipinski definition) is 1. The first-order valence-electron chi connectivity index (χ1n) is 6.67. The SMILES string of the molecule is CCCCC(CC)Cn1cnc2c(N)ncnc21. The third-order valence-corrected chi connectivity index (χ3v) is 3.43. The van der Waals surface area contributed by atoms with Crippen molar-refractivity contribution in [1.29, 1.82) is 0 Å². The standard InChI is InChI=1S/C13H21N5/c1-3-5-6-10(4-2)7-18-9-17-11-12(14)15-8-16-13(11)18/h8-10H,3-7H2,1-2H3,(H2,14,15,16). The molecule has 0 bridgehead atoms. The summed E-state index contributed by atoms with van der Waals surface area (Å²) in [5, 5.41) is 0. The molecule has 0 amide bonds. The number of fused-ring (bicyclic) bond motifs is 1. The highest BCUT2D eigenvalue weighted by molar-refractivity contribution is 5.81. The van der Waals surface area contributed by atoms with Crippen LogP contribution < -0.4 is 5.73 Å². The molecule has 2 rings (SSSR count). The van der Waals surface area contributed by atoms with E-state index in [4.69, 9.17) is 5.73 Å². The zero-order chi connectivity index (χ0) is 13.0. The maximum absolute atomic E-state index is 5.79. The van der Waals surface area contributed by atoms with Crippen molar-refractivity contribution in [2.45, 2.75) is 46.1 Å². The zero-order valence-corrected chi connectivity index (χ0v) is 11.1. The second-order valence-corrected chi connectivity index (χ2v) is 4.74. The lowest BCUT2D eigenvalue weighted by Gasteiger charge is -2.15. The summed E-state index contributed by atoms with van der Waals surface area (Å²) in [5.74, 6) is 1.14. The topological polar surface area (TPSA) is 69.6 Å². The maximum Gasteiger partial charge on any atom is 0.165 e. The van der Waals surface area contributed by atoms with Crippen LogP contribution in [0.15, 0.2) is 12.7 Å². The molecule has 0 saturated heterocycles. The number of hydrogen-bond acceptors (Lipinski definition) is 4. The Kier molecular flexibility index (Phi) is 4.12. The normalized spacial score (nSPS) is 13.0. The molecule has 0 spiro atoms. The van der Waals surface area contributed by atoms with E-state index in [0.29, 0.717) is 17.3 Å². The quantitative estimate of drug-likeness (QED) is 0.852. The van der Waals surface area contributed by atoms with Crippen molar-refractivity contribution in [3.8, 4) is 0 Å². The van der Waals surface area contributed by atoms with Crippen molar-refractivity contribution < 1.29 is 0 Å². The number of nitrogen functional groups attached to an aromatic ring is 1. The number of nitrogens with two attached hydrogens (primary N) is 1. The van der Waals surface area contributed by atoms with Gasteiger partial charge in [0.1, 0.15) is 11.8 Å². The molecule has 0 radical (unpaired) electrons. The minimum absolute atomic E-state index is 0.459. The van der Waals surface area contributed by atoms with E-state index in [0.717, 1.165) is 12.2 Å². The van der Waals surface area contributed by atoms with Gasteiger partial charge < -0.3 is 10.3 Å². The highest BCUT2D eigenvalue weighted by Crippen LogP contribution is 2.19. The molecule has 2 aromatic heterocycles. The first-order valence-corrected chi connectivity index (χ1v) is 6.67. The number of imidazole rings is 1. The van der Waals surface area contributed by atoms with Crippen molar-refractivity contribution >= 4 is 17.0 Å². The average Bonchev–Trinajstić information content (AvgIpc) is 2.79. The van der Waals surface area contributed by atoms with Gasteiger partial charge in [-0.1, -0.05) is 33.1 Å². The van der Waals surface area contributed by atoms with E-state index in [-0.39, 0.29) is 0 Å². The van der Waals surface area contributed by atoms with Gasteiger partial charge >= 0.3 is 0 Å². The molecule has 0 saturated carbocycles. The Hall–Kier alpha value is -1.65.